The number of rotatable bonds is 10. The predicted molar refractivity (Wildman–Crippen MR) is 139 cm³/mol. The summed E-state index contributed by atoms with van der Waals surface area (Å²) in [5, 5.41) is 14.4. The van der Waals surface area contributed by atoms with Gasteiger partial charge in [-0.1, -0.05) is 82.5 Å². The van der Waals surface area contributed by atoms with Crippen LogP contribution in [0, 0.1) is 11.3 Å². The van der Waals surface area contributed by atoms with E-state index in [0.717, 1.165) is 48.4 Å². The van der Waals surface area contributed by atoms with Gasteiger partial charge in [0.05, 0.1) is 19.1 Å². The Kier molecular flexibility index (Phi) is 10.0. The highest BCUT2D eigenvalue weighted by Crippen LogP contribution is 2.27. The highest BCUT2D eigenvalue weighted by Gasteiger charge is 2.40. The SMILES string of the molecule is CONC(=O)[C@@H](NC(=O)[C@H](Cc1ccc2ccccc2c1)[C@H](OC1CCCCC1)C(=O)NO)C(C)(C)C. The van der Waals surface area contributed by atoms with Crippen LogP contribution in [-0.2, 0) is 30.4 Å². The first-order valence-electron chi connectivity index (χ1n) is 12.8. The lowest BCUT2D eigenvalue weighted by Gasteiger charge is -2.34. The van der Waals surface area contributed by atoms with Crippen molar-refractivity contribution in [3.63, 3.8) is 0 Å². The number of hydrogen-bond acceptors (Lipinski definition) is 6. The third-order valence-corrected chi connectivity index (χ3v) is 6.85. The molecule has 0 heterocycles. The maximum atomic E-state index is 13.8. The molecule has 1 saturated carbocycles. The molecule has 1 fully saturated rings. The molecule has 1 aliphatic rings. The Morgan fingerprint density at radius 1 is 0.973 bits per heavy atom. The van der Waals surface area contributed by atoms with Crippen molar-refractivity contribution in [1.82, 2.24) is 16.3 Å². The number of carbonyl (C=O) groups is 3. The van der Waals surface area contributed by atoms with E-state index in [1.807, 2.05) is 63.2 Å². The first kappa shape index (κ1) is 28.6. The molecule has 2 aromatic rings. The molecule has 3 rings (SSSR count). The fraction of sp³-hybridized carbons (Fsp3) is 0.536. The van der Waals surface area contributed by atoms with E-state index in [1.54, 1.807) is 5.48 Å². The van der Waals surface area contributed by atoms with Crippen molar-refractivity contribution in [1.29, 1.82) is 0 Å². The van der Waals surface area contributed by atoms with Crippen molar-refractivity contribution < 1.29 is 29.2 Å². The number of hydrogen-bond donors (Lipinski definition) is 4. The fourth-order valence-corrected chi connectivity index (χ4v) is 4.85. The van der Waals surface area contributed by atoms with E-state index in [1.165, 1.54) is 7.11 Å². The van der Waals surface area contributed by atoms with Crippen molar-refractivity contribution in [2.75, 3.05) is 7.11 Å². The van der Waals surface area contributed by atoms with Gasteiger partial charge >= 0.3 is 0 Å². The Balaban J connectivity index is 1.96. The second-order valence-corrected chi connectivity index (χ2v) is 10.8. The van der Waals surface area contributed by atoms with E-state index in [2.05, 4.69) is 10.8 Å². The summed E-state index contributed by atoms with van der Waals surface area (Å²) in [4.78, 5) is 44.2. The summed E-state index contributed by atoms with van der Waals surface area (Å²) in [5.41, 5.74) is 4.16. The smallest absolute Gasteiger partial charge is 0.273 e. The number of amides is 3. The molecule has 4 N–H and O–H groups in total. The summed E-state index contributed by atoms with van der Waals surface area (Å²) in [5.74, 6) is -2.83. The molecule has 9 nitrogen and oxygen atoms in total. The van der Waals surface area contributed by atoms with E-state index in [-0.39, 0.29) is 12.5 Å². The normalized spacial score (nSPS) is 17.0. The van der Waals surface area contributed by atoms with Gasteiger partial charge in [0.15, 0.2) is 6.10 Å². The van der Waals surface area contributed by atoms with Gasteiger partial charge in [-0.2, -0.15) is 0 Å². The summed E-state index contributed by atoms with van der Waals surface area (Å²) < 4.78 is 6.20. The maximum absolute atomic E-state index is 13.8. The number of fused-ring (bicyclic) bond motifs is 1. The molecule has 3 amide bonds. The van der Waals surface area contributed by atoms with E-state index < -0.39 is 41.2 Å². The summed E-state index contributed by atoms with van der Waals surface area (Å²) in [7, 11) is 1.32. The molecule has 0 radical (unpaired) electrons. The fourth-order valence-electron chi connectivity index (χ4n) is 4.85. The number of ether oxygens (including phenoxy) is 1. The molecule has 37 heavy (non-hydrogen) atoms. The number of benzene rings is 2. The lowest BCUT2D eigenvalue weighted by Crippen LogP contribution is -2.57. The summed E-state index contributed by atoms with van der Waals surface area (Å²) >= 11 is 0. The Bertz CT molecular complexity index is 1080. The van der Waals surface area contributed by atoms with E-state index in [0.29, 0.717) is 0 Å². The van der Waals surface area contributed by atoms with Crippen molar-refractivity contribution in [3.8, 4) is 0 Å². The minimum atomic E-state index is -1.24. The third-order valence-electron chi connectivity index (χ3n) is 6.85. The monoisotopic (exact) mass is 513 g/mol. The molecule has 0 bridgehead atoms. The van der Waals surface area contributed by atoms with Gasteiger partial charge < -0.3 is 10.1 Å². The molecule has 2 aromatic carbocycles. The Labute approximate surface area is 218 Å². The van der Waals surface area contributed by atoms with Gasteiger partial charge in [0.2, 0.25) is 5.91 Å². The van der Waals surface area contributed by atoms with Crippen LogP contribution in [0.4, 0.5) is 0 Å². The largest absolute Gasteiger partial charge is 0.364 e. The van der Waals surface area contributed by atoms with Crippen LogP contribution in [0.25, 0.3) is 10.8 Å². The number of nitrogens with one attached hydrogen (secondary N) is 3. The first-order valence-corrected chi connectivity index (χ1v) is 12.8. The highest BCUT2D eigenvalue weighted by atomic mass is 16.6. The van der Waals surface area contributed by atoms with Crippen LogP contribution in [0.5, 0.6) is 0 Å². The lowest BCUT2D eigenvalue weighted by atomic mass is 9.84. The molecule has 9 heteroatoms. The van der Waals surface area contributed by atoms with Crippen LogP contribution in [-0.4, -0.2) is 48.3 Å². The lowest BCUT2D eigenvalue weighted by molar-refractivity contribution is -0.157. The van der Waals surface area contributed by atoms with Crippen LogP contribution in [0.3, 0.4) is 0 Å². The molecule has 0 spiro atoms. The second-order valence-electron chi connectivity index (χ2n) is 10.8. The zero-order chi connectivity index (χ0) is 27.0. The molecular formula is C28H39N3O6. The van der Waals surface area contributed by atoms with Gasteiger partial charge in [0.25, 0.3) is 11.8 Å². The van der Waals surface area contributed by atoms with Crippen LogP contribution < -0.4 is 16.3 Å². The Hall–Kier alpha value is -3.01. The van der Waals surface area contributed by atoms with Crippen molar-refractivity contribution in [3.05, 3.63) is 48.0 Å². The first-order chi connectivity index (χ1) is 17.6. The molecular weight excluding hydrogens is 474 g/mol. The van der Waals surface area contributed by atoms with Gasteiger partial charge in [-0.3, -0.25) is 24.4 Å². The summed E-state index contributed by atoms with van der Waals surface area (Å²) in [6.45, 7) is 5.46. The van der Waals surface area contributed by atoms with E-state index in [9.17, 15) is 19.6 Å². The van der Waals surface area contributed by atoms with E-state index >= 15 is 0 Å². The van der Waals surface area contributed by atoms with Gasteiger partial charge in [0.1, 0.15) is 6.04 Å². The topological polar surface area (TPSA) is 126 Å². The van der Waals surface area contributed by atoms with Crippen LogP contribution >= 0.6 is 0 Å². The van der Waals surface area contributed by atoms with Gasteiger partial charge in [-0.15, -0.1) is 0 Å². The van der Waals surface area contributed by atoms with Gasteiger partial charge in [0, 0.05) is 0 Å². The second kappa shape index (κ2) is 13.0. The summed E-state index contributed by atoms with van der Waals surface area (Å²) in [6, 6.07) is 12.8. The maximum Gasteiger partial charge on any atom is 0.273 e. The Morgan fingerprint density at radius 2 is 1.65 bits per heavy atom. The van der Waals surface area contributed by atoms with Crippen LogP contribution in [0.2, 0.25) is 0 Å². The van der Waals surface area contributed by atoms with Crippen LogP contribution in [0.1, 0.15) is 58.4 Å². The third kappa shape index (κ3) is 7.74. The average Bonchev–Trinajstić information content (AvgIpc) is 2.88. The molecule has 202 valence electrons. The van der Waals surface area contributed by atoms with Gasteiger partial charge in [-0.25, -0.2) is 11.0 Å². The van der Waals surface area contributed by atoms with Gasteiger partial charge in [-0.05, 0) is 41.0 Å². The minimum absolute atomic E-state index is 0.171. The zero-order valence-electron chi connectivity index (χ0n) is 22.1. The van der Waals surface area contributed by atoms with Crippen molar-refractivity contribution in [2.24, 2.45) is 11.3 Å². The quantitative estimate of drug-likeness (QED) is 0.285. The zero-order valence-corrected chi connectivity index (χ0v) is 22.1. The molecule has 0 unspecified atom stereocenters. The molecule has 0 aliphatic heterocycles. The van der Waals surface area contributed by atoms with E-state index in [4.69, 9.17) is 9.57 Å². The minimum Gasteiger partial charge on any atom is -0.364 e. The predicted octanol–water partition coefficient (Wildman–Crippen LogP) is 3.43. The van der Waals surface area contributed by atoms with Crippen LogP contribution in [0.15, 0.2) is 42.5 Å². The van der Waals surface area contributed by atoms with Crippen molar-refractivity contribution in [2.45, 2.75) is 77.5 Å². The molecule has 0 saturated heterocycles. The van der Waals surface area contributed by atoms with Crippen molar-refractivity contribution >= 4 is 28.5 Å². The number of hydroxylamine groups is 2. The summed E-state index contributed by atoms with van der Waals surface area (Å²) in [6.07, 6.45) is 3.33. The molecule has 1 aliphatic carbocycles. The Morgan fingerprint density at radius 3 is 2.27 bits per heavy atom. The highest BCUT2D eigenvalue weighted by molar-refractivity contribution is 5.93. The standard InChI is InChI=1S/C28H39N3O6/c1-28(2,3)24(27(34)31-36-4)29-25(32)22(17-18-14-15-19-10-8-9-11-20(19)16-18)23(26(33)30-35)37-21-12-6-5-7-13-21/h8-11,14-16,21-24,35H,5-7,12-13,17H2,1-4H3,(H,29,32)(H,30,33)(H,31,34)/t22-,23+,24-/m1/s1. The number of carbonyl (C=O) groups excluding carboxylic acids is 3. The molecule has 0 aromatic heterocycles. The average molecular weight is 514 g/mol. The molecule has 3 atom stereocenters.